The van der Waals surface area contributed by atoms with Crippen molar-refractivity contribution in [1.82, 2.24) is 10.3 Å². The van der Waals surface area contributed by atoms with E-state index in [2.05, 4.69) is 10.3 Å². The number of carbonyl (C=O) groups excluding carboxylic acids is 1. The van der Waals surface area contributed by atoms with Gasteiger partial charge in [0.25, 0.3) is 0 Å². The average molecular weight is 398 g/mol. The van der Waals surface area contributed by atoms with E-state index < -0.39 is 0 Å². The molecule has 0 fully saturated rings. The number of amides is 1. The Kier molecular flexibility index (Phi) is 6.11. The number of halogens is 1. The van der Waals surface area contributed by atoms with Crippen LogP contribution in [-0.2, 0) is 16.6 Å². The molecule has 0 atom stereocenters. The summed E-state index contributed by atoms with van der Waals surface area (Å²) in [5, 5.41) is 3.85. The van der Waals surface area contributed by atoms with Gasteiger partial charge in [0.1, 0.15) is 5.82 Å². The molecule has 0 unspecified atom stereocenters. The van der Waals surface area contributed by atoms with Crippen LogP contribution in [0.2, 0.25) is 0 Å². The van der Waals surface area contributed by atoms with E-state index in [4.69, 9.17) is 9.47 Å². The van der Waals surface area contributed by atoms with Crippen molar-refractivity contribution in [2.24, 2.45) is 0 Å². The molecule has 2 aromatic carbocycles. The lowest BCUT2D eigenvalue weighted by Gasteiger charge is -2.25. The summed E-state index contributed by atoms with van der Waals surface area (Å²) in [5.41, 5.74) is 2.52. The Labute approximate surface area is 170 Å². The zero-order valence-electron chi connectivity index (χ0n) is 17.3. The highest BCUT2D eigenvalue weighted by Gasteiger charge is 2.25. The first-order chi connectivity index (χ1) is 13.8. The molecule has 1 amide bonds. The van der Waals surface area contributed by atoms with Gasteiger partial charge >= 0.3 is 0 Å². The number of H-pyrrole nitrogens is 1. The zero-order chi connectivity index (χ0) is 21.0. The maximum absolute atomic E-state index is 13.7. The minimum atomic E-state index is -0.342. The number of ether oxygens (including phenoxy) is 2. The number of benzene rings is 2. The first-order valence-corrected chi connectivity index (χ1v) is 9.59. The number of aromatic nitrogens is 1. The fourth-order valence-electron chi connectivity index (χ4n) is 3.45. The second-order valence-corrected chi connectivity index (χ2v) is 7.74. The molecule has 0 radical (unpaired) electrons. The molecule has 3 aromatic rings. The SMILES string of the molecule is COc1ccc(CCC(=O)NCC(C)(C)c2c[nH]c3ccc(F)cc23)cc1OC. The molecule has 29 heavy (non-hydrogen) atoms. The predicted octanol–water partition coefficient (Wildman–Crippen LogP) is 4.35. The van der Waals surface area contributed by atoms with Crippen LogP contribution in [0, 0.1) is 5.82 Å². The summed E-state index contributed by atoms with van der Waals surface area (Å²) < 4.78 is 24.2. The molecular formula is C23H27FN2O3. The number of carbonyl (C=O) groups is 1. The summed E-state index contributed by atoms with van der Waals surface area (Å²) in [4.78, 5) is 15.6. The molecule has 0 aliphatic carbocycles. The molecule has 0 bridgehead atoms. The van der Waals surface area contributed by atoms with E-state index in [1.807, 2.05) is 38.2 Å². The van der Waals surface area contributed by atoms with E-state index in [1.54, 1.807) is 20.3 Å². The first kappa shape index (κ1) is 20.7. The van der Waals surface area contributed by atoms with Gasteiger partial charge < -0.3 is 19.8 Å². The first-order valence-electron chi connectivity index (χ1n) is 9.59. The van der Waals surface area contributed by atoms with Crippen LogP contribution in [-0.4, -0.2) is 31.7 Å². The van der Waals surface area contributed by atoms with E-state index in [0.29, 0.717) is 30.9 Å². The Morgan fingerprint density at radius 3 is 2.59 bits per heavy atom. The minimum Gasteiger partial charge on any atom is -0.493 e. The molecule has 0 spiro atoms. The van der Waals surface area contributed by atoms with Crippen LogP contribution < -0.4 is 14.8 Å². The fraction of sp³-hybridized carbons (Fsp3) is 0.348. The van der Waals surface area contributed by atoms with Gasteiger partial charge in [-0.3, -0.25) is 4.79 Å². The number of nitrogens with one attached hydrogen (secondary N) is 2. The summed E-state index contributed by atoms with van der Waals surface area (Å²) in [6.07, 6.45) is 2.86. The van der Waals surface area contributed by atoms with Gasteiger partial charge in [0.15, 0.2) is 11.5 Å². The Morgan fingerprint density at radius 2 is 1.86 bits per heavy atom. The van der Waals surface area contributed by atoms with Crippen LogP contribution >= 0.6 is 0 Å². The van der Waals surface area contributed by atoms with Crippen LogP contribution in [0.1, 0.15) is 31.4 Å². The largest absolute Gasteiger partial charge is 0.493 e. The quantitative estimate of drug-likeness (QED) is 0.593. The van der Waals surface area contributed by atoms with Crippen LogP contribution in [0.4, 0.5) is 4.39 Å². The molecule has 0 aliphatic rings. The van der Waals surface area contributed by atoms with Crippen molar-refractivity contribution in [2.45, 2.75) is 32.1 Å². The lowest BCUT2D eigenvalue weighted by molar-refractivity contribution is -0.121. The van der Waals surface area contributed by atoms with Gasteiger partial charge in [0.2, 0.25) is 5.91 Å². The van der Waals surface area contributed by atoms with E-state index in [1.165, 1.54) is 12.1 Å². The molecule has 1 heterocycles. The number of methoxy groups -OCH3 is 2. The van der Waals surface area contributed by atoms with Crippen LogP contribution in [0.3, 0.4) is 0 Å². The van der Waals surface area contributed by atoms with Crippen molar-refractivity contribution < 1.29 is 18.7 Å². The van der Waals surface area contributed by atoms with E-state index in [9.17, 15) is 9.18 Å². The van der Waals surface area contributed by atoms with Gasteiger partial charge in [-0.15, -0.1) is 0 Å². The Hall–Kier alpha value is -3.02. The van der Waals surface area contributed by atoms with Gasteiger partial charge in [-0.25, -0.2) is 4.39 Å². The number of aromatic amines is 1. The van der Waals surface area contributed by atoms with Gasteiger partial charge in [0, 0.05) is 35.5 Å². The Balaban J connectivity index is 1.60. The Morgan fingerprint density at radius 1 is 1.10 bits per heavy atom. The number of rotatable bonds is 8. The number of hydrogen-bond donors (Lipinski definition) is 2. The van der Waals surface area contributed by atoms with Crippen molar-refractivity contribution in [2.75, 3.05) is 20.8 Å². The van der Waals surface area contributed by atoms with Crippen molar-refractivity contribution in [3.05, 3.63) is 59.5 Å². The summed E-state index contributed by atoms with van der Waals surface area (Å²) in [6.45, 7) is 4.53. The highest BCUT2D eigenvalue weighted by molar-refractivity contribution is 5.84. The van der Waals surface area contributed by atoms with E-state index in [-0.39, 0.29) is 17.1 Å². The van der Waals surface area contributed by atoms with E-state index in [0.717, 1.165) is 22.0 Å². The van der Waals surface area contributed by atoms with Gasteiger partial charge in [0.05, 0.1) is 14.2 Å². The molecule has 2 N–H and O–H groups in total. The van der Waals surface area contributed by atoms with Gasteiger partial charge in [-0.1, -0.05) is 19.9 Å². The molecule has 1 aromatic heterocycles. The standard InChI is InChI=1S/C23H27FN2O3/c1-23(2,18-13-25-19-8-7-16(24)12-17(18)19)14-26-22(27)10-6-15-5-9-20(28-3)21(11-15)29-4/h5,7-9,11-13,25H,6,10,14H2,1-4H3,(H,26,27). The molecule has 0 saturated heterocycles. The van der Waals surface area contributed by atoms with Crippen LogP contribution in [0.15, 0.2) is 42.6 Å². The topological polar surface area (TPSA) is 63.3 Å². The fourth-order valence-corrected chi connectivity index (χ4v) is 3.45. The van der Waals surface area contributed by atoms with E-state index >= 15 is 0 Å². The maximum atomic E-state index is 13.7. The molecule has 0 aliphatic heterocycles. The highest BCUT2D eigenvalue weighted by Crippen LogP contribution is 2.31. The molecular weight excluding hydrogens is 371 g/mol. The second-order valence-electron chi connectivity index (χ2n) is 7.74. The van der Waals surface area contributed by atoms with Gasteiger partial charge in [-0.2, -0.15) is 0 Å². The third-order valence-electron chi connectivity index (χ3n) is 5.19. The molecule has 3 rings (SSSR count). The highest BCUT2D eigenvalue weighted by atomic mass is 19.1. The smallest absolute Gasteiger partial charge is 0.220 e. The monoisotopic (exact) mass is 398 g/mol. The minimum absolute atomic E-state index is 0.0288. The lowest BCUT2D eigenvalue weighted by Crippen LogP contribution is -2.36. The summed E-state index contributed by atoms with van der Waals surface area (Å²) in [5.74, 6) is 1.02. The molecule has 6 heteroatoms. The van der Waals surface area contributed by atoms with Crippen molar-refractivity contribution >= 4 is 16.8 Å². The van der Waals surface area contributed by atoms with Gasteiger partial charge in [-0.05, 0) is 47.9 Å². The van der Waals surface area contributed by atoms with Crippen molar-refractivity contribution in [3.63, 3.8) is 0 Å². The molecule has 154 valence electrons. The molecule has 5 nitrogen and oxygen atoms in total. The summed E-state index contributed by atoms with van der Waals surface area (Å²) in [7, 11) is 3.18. The normalized spacial score (nSPS) is 11.5. The maximum Gasteiger partial charge on any atom is 0.220 e. The second kappa shape index (κ2) is 8.55. The average Bonchev–Trinajstić information content (AvgIpc) is 3.14. The third kappa shape index (κ3) is 4.70. The number of aryl methyl sites for hydroxylation is 1. The summed E-state index contributed by atoms with van der Waals surface area (Å²) >= 11 is 0. The van der Waals surface area contributed by atoms with Crippen LogP contribution in [0.25, 0.3) is 10.9 Å². The number of fused-ring (bicyclic) bond motifs is 1. The van der Waals surface area contributed by atoms with Crippen LogP contribution in [0.5, 0.6) is 11.5 Å². The zero-order valence-corrected chi connectivity index (χ0v) is 17.3. The number of hydrogen-bond acceptors (Lipinski definition) is 3. The third-order valence-corrected chi connectivity index (χ3v) is 5.19. The molecule has 0 saturated carbocycles. The summed E-state index contributed by atoms with van der Waals surface area (Å²) in [6, 6.07) is 10.3. The lowest BCUT2D eigenvalue weighted by atomic mass is 9.84. The Bertz CT molecular complexity index is 1010. The van der Waals surface area contributed by atoms with Crippen molar-refractivity contribution in [1.29, 1.82) is 0 Å². The predicted molar refractivity (Wildman–Crippen MR) is 112 cm³/mol. The van der Waals surface area contributed by atoms with Crippen molar-refractivity contribution in [3.8, 4) is 11.5 Å².